The highest BCUT2D eigenvalue weighted by Crippen LogP contribution is 2.30. The Hall–Kier alpha value is -1.17. The number of nitrogens with zero attached hydrogens (tertiary/aromatic N) is 2. The van der Waals surface area contributed by atoms with Gasteiger partial charge in [0.2, 0.25) is 0 Å². The zero-order valence-electron chi connectivity index (χ0n) is 10.1. The van der Waals surface area contributed by atoms with Gasteiger partial charge in [-0.25, -0.2) is 9.97 Å². The van der Waals surface area contributed by atoms with E-state index in [1.165, 1.54) is 11.7 Å². The van der Waals surface area contributed by atoms with Gasteiger partial charge in [0, 0.05) is 10.2 Å². The molecule has 0 saturated carbocycles. The van der Waals surface area contributed by atoms with E-state index in [1.54, 1.807) is 0 Å². The lowest BCUT2D eigenvalue weighted by atomic mass is 10.1. The molecule has 0 unspecified atom stereocenters. The van der Waals surface area contributed by atoms with Crippen LogP contribution in [0.4, 0.5) is 11.5 Å². The third kappa shape index (κ3) is 2.80. The molecule has 0 aliphatic rings. The summed E-state index contributed by atoms with van der Waals surface area (Å²) < 4.78 is 1.72. The Kier molecular flexibility index (Phi) is 3.92. The van der Waals surface area contributed by atoms with Gasteiger partial charge in [0.15, 0.2) is 0 Å². The van der Waals surface area contributed by atoms with Crippen molar-refractivity contribution in [1.82, 2.24) is 9.97 Å². The average Bonchev–Trinajstić information content (AvgIpc) is 2.44. The second-order valence-corrected chi connectivity index (χ2v) is 6.23. The van der Waals surface area contributed by atoms with Crippen LogP contribution in [0.3, 0.4) is 0 Å². The molecule has 2 aromatic carbocycles. The summed E-state index contributed by atoms with van der Waals surface area (Å²) in [6.07, 6.45) is 1.42. The van der Waals surface area contributed by atoms with E-state index in [9.17, 15) is 0 Å². The Labute approximate surface area is 137 Å². The van der Waals surface area contributed by atoms with Gasteiger partial charge in [-0.2, -0.15) is 0 Å². The van der Waals surface area contributed by atoms with E-state index in [2.05, 4.69) is 71.4 Å². The SMILES string of the molecule is Clc1ncnc(Nc2ccc3cc(Br)ccc3c2)c1Br. The summed E-state index contributed by atoms with van der Waals surface area (Å²) in [6.45, 7) is 0. The number of nitrogens with one attached hydrogen (secondary N) is 1. The van der Waals surface area contributed by atoms with E-state index < -0.39 is 0 Å². The van der Waals surface area contributed by atoms with Gasteiger partial charge in [0.25, 0.3) is 0 Å². The van der Waals surface area contributed by atoms with Crippen LogP contribution in [0.2, 0.25) is 5.15 Å². The fraction of sp³-hybridized carbons (Fsp3) is 0. The summed E-state index contributed by atoms with van der Waals surface area (Å²) in [5.74, 6) is 0.640. The summed E-state index contributed by atoms with van der Waals surface area (Å²) in [6, 6.07) is 12.3. The van der Waals surface area contributed by atoms with Gasteiger partial charge in [-0.05, 0) is 51.0 Å². The largest absolute Gasteiger partial charge is 0.339 e. The lowest BCUT2D eigenvalue weighted by molar-refractivity contribution is 1.15. The topological polar surface area (TPSA) is 37.8 Å². The second-order valence-electron chi connectivity index (χ2n) is 4.16. The number of fused-ring (bicyclic) bond motifs is 1. The van der Waals surface area contributed by atoms with Crippen molar-refractivity contribution in [2.45, 2.75) is 0 Å². The van der Waals surface area contributed by atoms with Crippen molar-refractivity contribution in [3.63, 3.8) is 0 Å². The molecule has 0 fully saturated rings. The number of benzene rings is 2. The Morgan fingerprint density at radius 1 is 0.950 bits per heavy atom. The van der Waals surface area contributed by atoms with Crippen LogP contribution in [0.15, 0.2) is 51.7 Å². The molecule has 0 amide bonds. The highest BCUT2D eigenvalue weighted by molar-refractivity contribution is 9.11. The van der Waals surface area contributed by atoms with Crippen molar-refractivity contribution in [2.75, 3.05) is 5.32 Å². The second kappa shape index (κ2) is 5.68. The average molecular weight is 414 g/mol. The van der Waals surface area contributed by atoms with Crippen molar-refractivity contribution >= 4 is 65.7 Å². The molecule has 3 aromatic rings. The number of hydrogen-bond donors (Lipinski definition) is 1. The summed E-state index contributed by atoms with van der Waals surface area (Å²) >= 11 is 12.8. The zero-order valence-corrected chi connectivity index (χ0v) is 14.0. The van der Waals surface area contributed by atoms with E-state index >= 15 is 0 Å². The molecule has 3 rings (SSSR count). The van der Waals surface area contributed by atoms with Crippen LogP contribution in [-0.4, -0.2) is 9.97 Å². The van der Waals surface area contributed by atoms with E-state index in [0.29, 0.717) is 15.4 Å². The first kappa shape index (κ1) is 13.8. The Balaban J connectivity index is 1.99. The van der Waals surface area contributed by atoms with Gasteiger partial charge in [-0.1, -0.05) is 39.7 Å². The van der Waals surface area contributed by atoms with Gasteiger partial charge in [-0.3, -0.25) is 0 Å². The standard InChI is InChI=1S/C14H8Br2ClN3/c15-10-3-1-9-6-11(4-2-8(9)5-10)20-14-12(16)13(17)18-7-19-14/h1-7H,(H,18,19,20). The number of aromatic nitrogens is 2. The zero-order chi connectivity index (χ0) is 14.1. The van der Waals surface area contributed by atoms with E-state index in [4.69, 9.17) is 11.6 Å². The van der Waals surface area contributed by atoms with E-state index in [1.807, 2.05) is 12.1 Å². The van der Waals surface area contributed by atoms with Crippen molar-refractivity contribution in [2.24, 2.45) is 0 Å². The van der Waals surface area contributed by atoms with Crippen LogP contribution in [0.5, 0.6) is 0 Å². The predicted molar refractivity (Wildman–Crippen MR) is 89.7 cm³/mol. The summed E-state index contributed by atoms with van der Waals surface area (Å²) in [4.78, 5) is 8.07. The molecule has 3 nitrogen and oxygen atoms in total. The number of hydrogen-bond acceptors (Lipinski definition) is 3. The quantitative estimate of drug-likeness (QED) is 0.560. The van der Waals surface area contributed by atoms with Gasteiger partial charge in [-0.15, -0.1) is 0 Å². The molecular weight excluding hydrogens is 405 g/mol. The van der Waals surface area contributed by atoms with Crippen molar-refractivity contribution in [1.29, 1.82) is 0 Å². The molecule has 1 heterocycles. The molecule has 1 N–H and O–H groups in total. The summed E-state index contributed by atoms with van der Waals surface area (Å²) in [7, 11) is 0. The normalized spacial score (nSPS) is 10.8. The van der Waals surface area contributed by atoms with Crippen LogP contribution >= 0.6 is 43.5 Å². The minimum absolute atomic E-state index is 0.382. The minimum Gasteiger partial charge on any atom is -0.339 e. The monoisotopic (exact) mass is 411 g/mol. The first-order chi connectivity index (χ1) is 9.63. The van der Waals surface area contributed by atoms with Gasteiger partial charge in [0.05, 0.1) is 4.47 Å². The number of rotatable bonds is 2. The number of halogens is 3. The lowest BCUT2D eigenvalue weighted by Crippen LogP contribution is -1.96. The third-order valence-electron chi connectivity index (χ3n) is 2.81. The van der Waals surface area contributed by atoms with Crippen LogP contribution in [0.1, 0.15) is 0 Å². The van der Waals surface area contributed by atoms with Crippen LogP contribution in [-0.2, 0) is 0 Å². The maximum absolute atomic E-state index is 5.95. The van der Waals surface area contributed by atoms with Gasteiger partial charge in [0.1, 0.15) is 17.3 Å². The number of anilines is 2. The minimum atomic E-state index is 0.382. The van der Waals surface area contributed by atoms with E-state index in [-0.39, 0.29) is 0 Å². The van der Waals surface area contributed by atoms with Crippen molar-refractivity contribution in [3.05, 3.63) is 56.8 Å². The van der Waals surface area contributed by atoms with Crippen molar-refractivity contribution < 1.29 is 0 Å². The molecule has 0 aliphatic heterocycles. The van der Waals surface area contributed by atoms with Gasteiger partial charge < -0.3 is 5.32 Å². The fourth-order valence-corrected chi connectivity index (χ4v) is 2.68. The molecule has 100 valence electrons. The molecule has 1 aromatic heterocycles. The van der Waals surface area contributed by atoms with Crippen LogP contribution in [0.25, 0.3) is 10.8 Å². The first-order valence-electron chi connectivity index (χ1n) is 5.76. The van der Waals surface area contributed by atoms with Crippen molar-refractivity contribution in [3.8, 4) is 0 Å². The maximum Gasteiger partial charge on any atom is 0.149 e. The maximum atomic E-state index is 5.95. The predicted octanol–water partition coefficient (Wildman–Crippen LogP) is 5.55. The fourth-order valence-electron chi connectivity index (χ4n) is 1.87. The molecule has 6 heteroatoms. The molecular formula is C14H8Br2ClN3. The smallest absolute Gasteiger partial charge is 0.149 e. The molecule has 0 aliphatic carbocycles. The highest BCUT2D eigenvalue weighted by atomic mass is 79.9. The Morgan fingerprint density at radius 2 is 1.70 bits per heavy atom. The van der Waals surface area contributed by atoms with Crippen LogP contribution < -0.4 is 5.32 Å². The molecule has 20 heavy (non-hydrogen) atoms. The summed E-state index contributed by atoms with van der Waals surface area (Å²) in [5.41, 5.74) is 0.940. The Morgan fingerprint density at radius 3 is 2.55 bits per heavy atom. The van der Waals surface area contributed by atoms with Gasteiger partial charge >= 0.3 is 0 Å². The van der Waals surface area contributed by atoms with Crippen LogP contribution in [0, 0.1) is 0 Å². The van der Waals surface area contributed by atoms with E-state index in [0.717, 1.165) is 15.5 Å². The molecule has 0 bridgehead atoms. The lowest BCUT2D eigenvalue weighted by Gasteiger charge is -2.09. The third-order valence-corrected chi connectivity index (χ3v) is 4.57. The Bertz CT molecular complexity index is 792. The molecule has 0 radical (unpaired) electrons. The summed E-state index contributed by atoms with van der Waals surface area (Å²) in [5, 5.41) is 5.93. The molecule has 0 saturated heterocycles. The molecule has 0 atom stereocenters. The first-order valence-corrected chi connectivity index (χ1v) is 7.72. The highest BCUT2D eigenvalue weighted by Gasteiger charge is 2.07. The molecule has 0 spiro atoms.